The average Bonchev–Trinajstić information content (AvgIpc) is 2.12. The summed E-state index contributed by atoms with van der Waals surface area (Å²) in [5, 5.41) is 8.41. The standard InChI is InChI=1S/C9H12N4O/c1-7-11-8(6-9(14)12-7)13(2)5-3-4-10/h6H,3,5H2,1-2H3,(H,11,12,14). The number of aromatic nitrogens is 2. The molecular weight excluding hydrogens is 180 g/mol. The Morgan fingerprint density at radius 3 is 3.00 bits per heavy atom. The molecule has 1 heterocycles. The van der Waals surface area contributed by atoms with Crippen molar-refractivity contribution < 1.29 is 0 Å². The molecule has 0 aliphatic heterocycles. The number of anilines is 1. The number of aromatic amines is 1. The van der Waals surface area contributed by atoms with Crippen LogP contribution in [-0.2, 0) is 0 Å². The van der Waals surface area contributed by atoms with Gasteiger partial charge in [-0.2, -0.15) is 5.26 Å². The normalized spacial score (nSPS) is 9.50. The molecule has 0 aromatic carbocycles. The molecule has 74 valence electrons. The number of hydrogen-bond acceptors (Lipinski definition) is 4. The maximum atomic E-state index is 11.1. The number of H-pyrrole nitrogens is 1. The van der Waals surface area contributed by atoms with Gasteiger partial charge in [0, 0.05) is 19.7 Å². The summed E-state index contributed by atoms with van der Waals surface area (Å²) in [7, 11) is 1.80. The third kappa shape index (κ3) is 2.59. The quantitative estimate of drug-likeness (QED) is 0.753. The number of rotatable bonds is 3. The van der Waals surface area contributed by atoms with E-state index in [1.807, 2.05) is 6.07 Å². The lowest BCUT2D eigenvalue weighted by atomic mass is 10.4. The molecule has 0 amide bonds. The van der Waals surface area contributed by atoms with Crippen LogP contribution in [0, 0.1) is 18.3 Å². The fraction of sp³-hybridized carbons (Fsp3) is 0.444. The van der Waals surface area contributed by atoms with E-state index in [0.29, 0.717) is 24.6 Å². The van der Waals surface area contributed by atoms with Gasteiger partial charge in [0.1, 0.15) is 11.6 Å². The molecule has 0 radical (unpaired) electrons. The Bertz CT molecular complexity index is 404. The van der Waals surface area contributed by atoms with Gasteiger partial charge in [0.2, 0.25) is 0 Å². The van der Waals surface area contributed by atoms with E-state index in [9.17, 15) is 4.79 Å². The van der Waals surface area contributed by atoms with Gasteiger partial charge in [-0.05, 0) is 6.92 Å². The summed E-state index contributed by atoms with van der Waals surface area (Å²) in [5.41, 5.74) is -0.170. The Hall–Kier alpha value is -1.83. The van der Waals surface area contributed by atoms with Gasteiger partial charge < -0.3 is 9.88 Å². The van der Waals surface area contributed by atoms with Gasteiger partial charge in [-0.25, -0.2) is 4.98 Å². The fourth-order valence-electron chi connectivity index (χ4n) is 1.09. The van der Waals surface area contributed by atoms with Crippen molar-refractivity contribution in [3.05, 3.63) is 22.2 Å². The van der Waals surface area contributed by atoms with Crippen molar-refractivity contribution in [2.24, 2.45) is 0 Å². The first kappa shape index (κ1) is 10.3. The maximum Gasteiger partial charge on any atom is 0.252 e. The average molecular weight is 192 g/mol. The molecule has 0 bridgehead atoms. The molecule has 0 aliphatic rings. The Morgan fingerprint density at radius 1 is 1.71 bits per heavy atom. The topological polar surface area (TPSA) is 72.8 Å². The molecule has 5 nitrogen and oxygen atoms in total. The highest BCUT2D eigenvalue weighted by Crippen LogP contribution is 2.04. The van der Waals surface area contributed by atoms with Crippen molar-refractivity contribution in [1.82, 2.24) is 9.97 Å². The van der Waals surface area contributed by atoms with Gasteiger partial charge in [0.15, 0.2) is 0 Å². The second-order valence-corrected chi connectivity index (χ2v) is 3.02. The molecule has 0 spiro atoms. The summed E-state index contributed by atoms with van der Waals surface area (Å²) >= 11 is 0. The van der Waals surface area contributed by atoms with Crippen LogP contribution >= 0.6 is 0 Å². The van der Waals surface area contributed by atoms with E-state index in [0.717, 1.165) is 0 Å². The zero-order valence-electron chi connectivity index (χ0n) is 8.24. The van der Waals surface area contributed by atoms with Crippen LogP contribution in [0.25, 0.3) is 0 Å². The summed E-state index contributed by atoms with van der Waals surface area (Å²) in [6.45, 7) is 2.30. The molecule has 5 heteroatoms. The first-order valence-corrected chi connectivity index (χ1v) is 4.29. The predicted octanol–water partition coefficient (Wildman–Crippen LogP) is 0.428. The Balaban J connectivity index is 2.85. The van der Waals surface area contributed by atoms with Crippen molar-refractivity contribution in [3.63, 3.8) is 0 Å². The molecule has 1 N–H and O–H groups in total. The number of nitrogens with zero attached hydrogens (tertiary/aromatic N) is 3. The van der Waals surface area contributed by atoms with E-state index in [1.165, 1.54) is 6.07 Å². The predicted molar refractivity (Wildman–Crippen MR) is 53.1 cm³/mol. The molecule has 0 atom stereocenters. The number of nitriles is 1. The Kier molecular flexibility index (Phi) is 3.24. The van der Waals surface area contributed by atoms with E-state index < -0.39 is 0 Å². The minimum absolute atomic E-state index is 0.170. The molecule has 14 heavy (non-hydrogen) atoms. The first-order valence-electron chi connectivity index (χ1n) is 4.29. The monoisotopic (exact) mass is 192 g/mol. The lowest BCUT2D eigenvalue weighted by Gasteiger charge is -2.15. The zero-order chi connectivity index (χ0) is 10.6. The van der Waals surface area contributed by atoms with Gasteiger partial charge >= 0.3 is 0 Å². The molecule has 0 unspecified atom stereocenters. The second kappa shape index (κ2) is 4.42. The summed E-state index contributed by atoms with van der Waals surface area (Å²) in [6.07, 6.45) is 0.421. The fourth-order valence-corrected chi connectivity index (χ4v) is 1.09. The van der Waals surface area contributed by atoms with Crippen molar-refractivity contribution in [2.75, 3.05) is 18.5 Å². The highest BCUT2D eigenvalue weighted by molar-refractivity contribution is 5.36. The van der Waals surface area contributed by atoms with Gasteiger partial charge in [-0.3, -0.25) is 4.79 Å². The van der Waals surface area contributed by atoms with Crippen molar-refractivity contribution in [1.29, 1.82) is 5.26 Å². The summed E-state index contributed by atoms with van der Waals surface area (Å²) in [4.78, 5) is 19.6. The van der Waals surface area contributed by atoms with Crippen molar-refractivity contribution in [2.45, 2.75) is 13.3 Å². The van der Waals surface area contributed by atoms with E-state index in [2.05, 4.69) is 9.97 Å². The van der Waals surface area contributed by atoms with E-state index in [-0.39, 0.29) is 5.56 Å². The third-order valence-corrected chi connectivity index (χ3v) is 1.80. The molecule has 1 aromatic rings. The largest absolute Gasteiger partial charge is 0.358 e. The highest BCUT2D eigenvalue weighted by atomic mass is 16.1. The number of nitrogens with one attached hydrogen (secondary N) is 1. The van der Waals surface area contributed by atoms with Crippen molar-refractivity contribution in [3.8, 4) is 6.07 Å². The minimum atomic E-state index is -0.170. The molecule has 1 aromatic heterocycles. The van der Waals surface area contributed by atoms with Gasteiger partial charge in [-0.1, -0.05) is 0 Å². The summed E-state index contributed by atoms with van der Waals surface area (Å²) < 4.78 is 0. The van der Waals surface area contributed by atoms with Crippen molar-refractivity contribution >= 4 is 5.82 Å². The molecule has 0 aliphatic carbocycles. The van der Waals surface area contributed by atoms with Crippen LogP contribution in [0.3, 0.4) is 0 Å². The smallest absolute Gasteiger partial charge is 0.252 e. The van der Waals surface area contributed by atoms with E-state index in [4.69, 9.17) is 5.26 Å². The van der Waals surface area contributed by atoms with Crippen LogP contribution in [0.1, 0.15) is 12.2 Å². The summed E-state index contributed by atoms with van der Waals surface area (Å²) in [6, 6.07) is 3.46. The zero-order valence-corrected chi connectivity index (χ0v) is 8.24. The van der Waals surface area contributed by atoms with Gasteiger partial charge in [0.25, 0.3) is 5.56 Å². The number of aryl methyl sites for hydroxylation is 1. The first-order chi connectivity index (χ1) is 6.63. The van der Waals surface area contributed by atoms with Gasteiger partial charge in [0.05, 0.1) is 12.5 Å². The van der Waals surface area contributed by atoms with Gasteiger partial charge in [-0.15, -0.1) is 0 Å². The highest BCUT2D eigenvalue weighted by Gasteiger charge is 2.03. The lowest BCUT2D eigenvalue weighted by molar-refractivity contribution is 0.865. The third-order valence-electron chi connectivity index (χ3n) is 1.80. The Labute approximate surface area is 82.0 Å². The van der Waals surface area contributed by atoms with Crippen LogP contribution in [0.5, 0.6) is 0 Å². The Morgan fingerprint density at radius 2 is 2.43 bits per heavy atom. The van der Waals surface area contributed by atoms with Crippen LogP contribution in [-0.4, -0.2) is 23.6 Å². The van der Waals surface area contributed by atoms with Crippen LogP contribution in [0.15, 0.2) is 10.9 Å². The SMILES string of the molecule is Cc1nc(N(C)CCC#N)cc(=O)[nH]1. The maximum absolute atomic E-state index is 11.1. The summed E-state index contributed by atoms with van der Waals surface area (Å²) in [5.74, 6) is 1.18. The molecule has 0 saturated heterocycles. The van der Waals surface area contributed by atoms with E-state index >= 15 is 0 Å². The second-order valence-electron chi connectivity index (χ2n) is 3.02. The molecule has 0 saturated carbocycles. The van der Waals surface area contributed by atoms with E-state index in [1.54, 1.807) is 18.9 Å². The molecule has 0 fully saturated rings. The minimum Gasteiger partial charge on any atom is -0.358 e. The number of hydrogen-bond donors (Lipinski definition) is 1. The molecule has 1 rings (SSSR count). The molecular formula is C9H12N4O. The van der Waals surface area contributed by atoms with Crippen LogP contribution in [0.2, 0.25) is 0 Å². The lowest BCUT2D eigenvalue weighted by Crippen LogP contribution is -2.22. The van der Waals surface area contributed by atoms with Crippen LogP contribution < -0.4 is 10.5 Å². The van der Waals surface area contributed by atoms with Crippen LogP contribution in [0.4, 0.5) is 5.82 Å².